The first-order valence-corrected chi connectivity index (χ1v) is 12.9. The van der Waals surface area contributed by atoms with E-state index in [4.69, 9.17) is 44.3 Å². The molecule has 3 N–H and O–H groups in total. The van der Waals surface area contributed by atoms with Crippen LogP contribution in [0.1, 0.15) is 24.8 Å². The predicted octanol–water partition coefficient (Wildman–Crippen LogP) is 4.49. The molecular weight excluding hydrogens is 529 g/mol. The monoisotopic (exact) mass is 555 g/mol. The summed E-state index contributed by atoms with van der Waals surface area (Å²) >= 11 is 17.9. The van der Waals surface area contributed by atoms with Crippen LogP contribution in [-0.4, -0.2) is 66.1 Å². The van der Waals surface area contributed by atoms with Gasteiger partial charge in [0.1, 0.15) is 6.10 Å². The second kappa shape index (κ2) is 12.4. The Morgan fingerprint density at radius 3 is 2.56 bits per heavy atom. The van der Waals surface area contributed by atoms with Crippen molar-refractivity contribution in [1.29, 1.82) is 0 Å². The smallest absolute Gasteiger partial charge is 0.322 e. The van der Waals surface area contributed by atoms with Crippen LogP contribution in [0.2, 0.25) is 15.1 Å². The summed E-state index contributed by atoms with van der Waals surface area (Å²) in [4.78, 5) is 27.3. The lowest BCUT2D eigenvalue weighted by Gasteiger charge is -2.44. The minimum absolute atomic E-state index is 0.0787. The zero-order chi connectivity index (χ0) is 25.7. The maximum Gasteiger partial charge on any atom is 0.322 e. The average molecular weight is 557 g/mol. The first-order valence-electron chi connectivity index (χ1n) is 11.7. The van der Waals surface area contributed by atoms with Crippen molar-refractivity contribution in [3.8, 4) is 0 Å². The molecule has 2 heterocycles. The summed E-state index contributed by atoms with van der Waals surface area (Å²) in [5.74, 6) is -0.121. The Labute approximate surface area is 224 Å². The van der Waals surface area contributed by atoms with E-state index in [1.54, 1.807) is 35.2 Å². The highest BCUT2D eigenvalue weighted by atomic mass is 35.5. The molecule has 4 atom stereocenters. The first kappa shape index (κ1) is 27.0. The van der Waals surface area contributed by atoms with Gasteiger partial charge < -0.3 is 30.1 Å². The van der Waals surface area contributed by atoms with Crippen LogP contribution in [0.15, 0.2) is 42.5 Å². The molecule has 0 spiro atoms. The summed E-state index contributed by atoms with van der Waals surface area (Å²) in [5.41, 5.74) is 1.44. The molecule has 2 aromatic rings. The fourth-order valence-corrected chi connectivity index (χ4v) is 4.85. The number of anilines is 1. The first-order chi connectivity index (χ1) is 17.3. The Morgan fingerprint density at radius 1 is 1.03 bits per heavy atom. The molecule has 194 valence electrons. The maximum absolute atomic E-state index is 13.2. The molecule has 2 saturated heterocycles. The molecule has 8 nitrogen and oxygen atoms in total. The number of urea groups is 1. The molecule has 0 bridgehead atoms. The van der Waals surface area contributed by atoms with Crippen molar-refractivity contribution in [2.75, 3.05) is 25.1 Å². The minimum Gasteiger partial charge on any atom is -0.389 e. The van der Waals surface area contributed by atoms with E-state index in [-0.39, 0.29) is 50.3 Å². The number of fused-ring (bicyclic) bond motifs is 1. The van der Waals surface area contributed by atoms with Gasteiger partial charge >= 0.3 is 6.03 Å². The van der Waals surface area contributed by atoms with Gasteiger partial charge in [-0.1, -0.05) is 46.9 Å². The largest absolute Gasteiger partial charge is 0.389 e. The minimum atomic E-state index is -0.832. The number of hydrogen-bond acceptors (Lipinski definition) is 5. The molecular formula is C25H28Cl3N3O5. The zero-order valence-corrected chi connectivity index (χ0v) is 21.7. The van der Waals surface area contributed by atoms with E-state index < -0.39 is 12.2 Å². The lowest BCUT2D eigenvalue weighted by Crippen LogP contribution is -2.58. The van der Waals surface area contributed by atoms with E-state index in [1.807, 2.05) is 12.1 Å². The van der Waals surface area contributed by atoms with Crippen molar-refractivity contribution in [2.45, 2.75) is 50.2 Å². The fourth-order valence-electron chi connectivity index (χ4n) is 4.43. The van der Waals surface area contributed by atoms with Crippen LogP contribution in [0.3, 0.4) is 0 Å². The molecule has 11 heteroatoms. The van der Waals surface area contributed by atoms with Crippen LogP contribution < -0.4 is 10.6 Å². The molecule has 36 heavy (non-hydrogen) atoms. The van der Waals surface area contributed by atoms with Crippen LogP contribution in [0.4, 0.5) is 10.5 Å². The number of β-amino-alcohol motifs (C(OH)–C–C–N with tert-alkyl or cyclic N) is 1. The van der Waals surface area contributed by atoms with Gasteiger partial charge in [0.25, 0.3) is 0 Å². The topological polar surface area (TPSA) is 100 Å². The number of carbonyl (C=O) groups is 2. The number of amides is 3. The standard InChI is InChI=1S/C25H28Cl3N3O5/c26-16-3-1-15(2-4-16)11-29-24(33)10-19-6-8-22-23(36-19)14-35-13-18(32)12-31(22)25(34)30-17-5-7-20(27)21(28)9-17/h1-5,7,9,18-19,22-23,32H,6,8,10-14H2,(H,29,33)(H,30,34)/t18-,19+,22+,23-/m1/s1. The van der Waals surface area contributed by atoms with Crippen LogP contribution in [0, 0.1) is 0 Å². The number of carbonyl (C=O) groups excluding carboxylic acids is 2. The molecule has 2 aliphatic rings. The summed E-state index contributed by atoms with van der Waals surface area (Å²) in [6.45, 7) is 0.777. The van der Waals surface area contributed by atoms with Crippen LogP contribution in [-0.2, 0) is 20.8 Å². The molecule has 2 aromatic carbocycles. The average Bonchev–Trinajstić information content (AvgIpc) is 2.84. The predicted molar refractivity (Wildman–Crippen MR) is 139 cm³/mol. The molecule has 2 fully saturated rings. The third kappa shape index (κ3) is 7.25. The zero-order valence-electron chi connectivity index (χ0n) is 19.5. The van der Waals surface area contributed by atoms with Crippen molar-refractivity contribution in [1.82, 2.24) is 10.2 Å². The number of nitrogens with one attached hydrogen (secondary N) is 2. The van der Waals surface area contributed by atoms with Crippen LogP contribution in [0.5, 0.6) is 0 Å². The third-order valence-electron chi connectivity index (χ3n) is 6.23. The van der Waals surface area contributed by atoms with E-state index in [1.165, 1.54) is 0 Å². The van der Waals surface area contributed by atoms with E-state index in [0.29, 0.717) is 40.1 Å². The van der Waals surface area contributed by atoms with Gasteiger partial charge in [-0.25, -0.2) is 4.79 Å². The van der Waals surface area contributed by atoms with E-state index in [0.717, 1.165) is 5.56 Å². The fraction of sp³-hybridized carbons (Fsp3) is 0.440. The summed E-state index contributed by atoms with van der Waals surface area (Å²) in [6.07, 6.45) is -0.173. The van der Waals surface area contributed by atoms with Gasteiger partial charge in [0.15, 0.2) is 0 Å². The Kier molecular flexibility index (Phi) is 9.33. The second-order valence-corrected chi connectivity index (χ2v) is 10.2. The molecule has 4 rings (SSSR count). The van der Waals surface area contributed by atoms with Crippen molar-refractivity contribution in [3.63, 3.8) is 0 Å². The van der Waals surface area contributed by atoms with Crippen molar-refractivity contribution >= 4 is 52.4 Å². The summed E-state index contributed by atoms with van der Waals surface area (Å²) in [5, 5.41) is 17.4. The number of aliphatic hydroxyl groups excluding tert-OH is 1. The molecule has 0 aromatic heterocycles. The number of ether oxygens (including phenoxy) is 2. The van der Waals surface area contributed by atoms with Crippen molar-refractivity contribution in [3.05, 3.63) is 63.1 Å². The summed E-state index contributed by atoms with van der Waals surface area (Å²) < 4.78 is 11.8. The van der Waals surface area contributed by atoms with Gasteiger partial charge in [0, 0.05) is 17.3 Å². The highest BCUT2D eigenvalue weighted by Gasteiger charge is 2.40. The number of halogens is 3. The number of nitrogens with zero attached hydrogens (tertiary/aromatic N) is 1. The van der Waals surface area contributed by atoms with Crippen molar-refractivity contribution < 1.29 is 24.2 Å². The van der Waals surface area contributed by atoms with Gasteiger partial charge in [0.2, 0.25) is 5.91 Å². The molecule has 2 aliphatic heterocycles. The highest BCUT2D eigenvalue weighted by Crippen LogP contribution is 2.29. The van der Waals surface area contributed by atoms with E-state index in [9.17, 15) is 14.7 Å². The molecule has 0 aliphatic carbocycles. The Morgan fingerprint density at radius 2 is 1.81 bits per heavy atom. The lowest BCUT2D eigenvalue weighted by atomic mass is 9.95. The summed E-state index contributed by atoms with van der Waals surface area (Å²) in [7, 11) is 0. The normalized spacial score (nSPS) is 24.3. The number of hydrogen-bond donors (Lipinski definition) is 3. The summed E-state index contributed by atoms with van der Waals surface area (Å²) in [6, 6.07) is 11.4. The van der Waals surface area contributed by atoms with E-state index in [2.05, 4.69) is 10.6 Å². The number of benzene rings is 2. The van der Waals surface area contributed by atoms with Gasteiger partial charge in [-0.05, 0) is 48.7 Å². The SMILES string of the molecule is O=C(C[C@@H]1CC[C@H]2[C@@H](COC[C@H](O)CN2C(=O)Nc2ccc(Cl)c(Cl)c2)O1)NCc1ccc(Cl)cc1. The van der Waals surface area contributed by atoms with Gasteiger partial charge in [-0.3, -0.25) is 4.79 Å². The molecule has 3 amide bonds. The Hall–Kier alpha value is -2.07. The second-order valence-electron chi connectivity index (χ2n) is 8.95. The lowest BCUT2D eigenvalue weighted by molar-refractivity contribution is -0.149. The molecule has 0 unspecified atom stereocenters. The third-order valence-corrected chi connectivity index (χ3v) is 7.22. The molecule has 0 radical (unpaired) electrons. The quantitative estimate of drug-likeness (QED) is 0.504. The van der Waals surface area contributed by atoms with Gasteiger partial charge in [0.05, 0.1) is 54.5 Å². The maximum atomic E-state index is 13.2. The van der Waals surface area contributed by atoms with E-state index >= 15 is 0 Å². The number of aliphatic hydroxyl groups is 1. The van der Waals surface area contributed by atoms with Crippen LogP contribution >= 0.6 is 34.8 Å². The number of rotatable bonds is 5. The molecule has 0 saturated carbocycles. The van der Waals surface area contributed by atoms with Crippen LogP contribution in [0.25, 0.3) is 0 Å². The Balaban J connectivity index is 1.36. The van der Waals surface area contributed by atoms with Crippen molar-refractivity contribution in [2.24, 2.45) is 0 Å². The highest BCUT2D eigenvalue weighted by molar-refractivity contribution is 6.42. The van der Waals surface area contributed by atoms with Gasteiger partial charge in [-0.2, -0.15) is 0 Å². The Bertz CT molecular complexity index is 1070. The van der Waals surface area contributed by atoms with Gasteiger partial charge in [-0.15, -0.1) is 0 Å².